The maximum Gasteiger partial charge on any atom is -0.0320 e. The van der Waals surface area contributed by atoms with Gasteiger partial charge >= 0.3 is 0 Å². The molecule has 21 heavy (non-hydrogen) atoms. The van der Waals surface area contributed by atoms with Gasteiger partial charge in [0.05, 0.1) is 0 Å². The van der Waals surface area contributed by atoms with E-state index in [1.54, 1.807) is 12.8 Å². The van der Waals surface area contributed by atoms with Gasteiger partial charge < -0.3 is 0 Å². The van der Waals surface area contributed by atoms with Crippen molar-refractivity contribution in [1.82, 2.24) is 0 Å². The van der Waals surface area contributed by atoms with E-state index in [0.717, 1.165) is 23.7 Å². The van der Waals surface area contributed by atoms with Crippen molar-refractivity contribution in [2.45, 2.75) is 97.3 Å². The zero-order chi connectivity index (χ0) is 15.1. The third-order valence-electron chi connectivity index (χ3n) is 6.55. The summed E-state index contributed by atoms with van der Waals surface area (Å²) in [4.78, 5) is 0. The molecule has 0 saturated heterocycles. The predicted molar refractivity (Wildman–Crippen MR) is 94.5 cm³/mol. The first-order valence-corrected chi connectivity index (χ1v) is 9.89. The fraction of sp³-hybridized carbons (Fsp3) is 0.905. The number of hydrogen-bond donors (Lipinski definition) is 0. The molecular formula is C21H38. The van der Waals surface area contributed by atoms with Gasteiger partial charge in [0.15, 0.2) is 0 Å². The van der Waals surface area contributed by atoms with E-state index in [1.165, 1.54) is 76.2 Å². The number of allylic oxidation sites excluding steroid dienone is 1. The fourth-order valence-corrected chi connectivity index (χ4v) is 4.89. The predicted octanol–water partition coefficient (Wildman–Crippen LogP) is 7.15. The zero-order valence-electron chi connectivity index (χ0n) is 14.7. The van der Waals surface area contributed by atoms with Gasteiger partial charge in [0.25, 0.3) is 0 Å². The summed E-state index contributed by atoms with van der Waals surface area (Å²) in [5.74, 6) is 4.26. The van der Waals surface area contributed by atoms with Gasteiger partial charge in [0.1, 0.15) is 0 Å². The molecule has 2 aliphatic rings. The van der Waals surface area contributed by atoms with Crippen molar-refractivity contribution in [2.75, 3.05) is 0 Å². The molecule has 0 amide bonds. The smallest absolute Gasteiger partial charge is 0.0320 e. The first-order chi connectivity index (χ1) is 10.2. The SMILES string of the molecule is C=C(CC)CCC1CCC(C2CCC(CCC)CC2)CC1. The molecule has 0 aliphatic heterocycles. The lowest BCUT2D eigenvalue weighted by Crippen LogP contribution is -2.25. The minimum atomic E-state index is 1.01. The van der Waals surface area contributed by atoms with Crippen LogP contribution in [0.5, 0.6) is 0 Å². The Hall–Kier alpha value is -0.260. The van der Waals surface area contributed by atoms with E-state index in [4.69, 9.17) is 0 Å². The van der Waals surface area contributed by atoms with Crippen LogP contribution in [-0.2, 0) is 0 Å². The largest absolute Gasteiger partial charge is 0.0999 e. The molecule has 2 saturated carbocycles. The molecule has 0 aromatic carbocycles. The van der Waals surface area contributed by atoms with Crippen LogP contribution in [-0.4, -0.2) is 0 Å². The van der Waals surface area contributed by atoms with Crippen LogP contribution in [0.25, 0.3) is 0 Å². The molecule has 2 aliphatic carbocycles. The first-order valence-electron chi connectivity index (χ1n) is 9.89. The minimum Gasteiger partial charge on any atom is -0.0999 e. The summed E-state index contributed by atoms with van der Waals surface area (Å²) in [7, 11) is 0. The van der Waals surface area contributed by atoms with Gasteiger partial charge in [0.2, 0.25) is 0 Å². The molecule has 0 heteroatoms. The standard InChI is InChI=1S/C21H38/c1-4-6-18-9-13-20(14-10-18)21-15-11-19(12-16-21)8-7-17(3)5-2/h18-21H,3-16H2,1-2H3. The molecule has 0 aromatic rings. The second-order valence-corrected chi connectivity index (χ2v) is 7.99. The van der Waals surface area contributed by atoms with Crippen LogP contribution in [0.15, 0.2) is 12.2 Å². The summed E-state index contributed by atoms with van der Waals surface area (Å²) in [6, 6.07) is 0. The van der Waals surface area contributed by atoms with Crippen LogP contribution in [0.1, 0.15) is 97.3 Å². The highest BCUT2D eigenvalue weighted by Gasteiger charge is 2.30. The lowest BCUT2D eigenvalue weighted by atomic mass is 9.68. The Morgan fingerprint density at radius 1 is 0.762 bits per heavy atom. The van der Waals surface area contributed by atoms with Crippen LogP contribution in [0, 0.1) is 23.7 Å². The second kappa shape index (κ2) is 9.01. The van der Waals surface area contributed by atoms with Gasteiger partial charge in [0, 0.05) is 0 Å². The van der Waals surface area contributed by atoms with Crippen molar-refractivity contribution in [3.63, 3.8) is 0 Å². The highest BCUT2D eigenvalue weighted by atomic mass is 14.4. The first kappa shape index (κ1) is 17.1. The van der Waals surface area contributed by atoms with Crippen LogP contribution in [0.3, 0.4) is 0 Å². The van der Waals surface area contributed by atoms with Crippen molar-refractivity contribution in [3.8, 4) is 0 Å². The van der Waals surface area contributed by atoms with E-state index in [1.807, 2.05) is 0 Å². The van der Waals surface area contributed by atoms with Crippen molar-refractivity contribution in [3.05, 3.63) is 12.2 Å². The Morgan fingerprint density at radius 3 is 1.67 bits per heavy atom. The number of hydrogen-bond acceptors (Lipinski definition) is 0. The summed E-state index contributed by atoms with van der Waals surface area (Å²) < 4.78 is 0. The van der Waals surface area contributed by atoms with Gasteiger partial charge in [-0.25, -0.2) is 0 Å². The van der Waals surface area contributed by atoms with E-state index in [9.17, 15) is 0 Å². The molecule has 0 unspecified atom stereocenters. The van der Waals surface area contributed by atoms with Crippen LogP contribution in [0.4, 0.5) is 0 Å². The molecule has 0 N–H and O–H groups in total. The van der Waals surface area contributed by atoms with Crippen LogP contribution >= 0.6 is 0 Å². The molecule has 0 aromatic heterocycles. The van der Waals surface area contributed by atoms with E-state index < -0.39 is 0 Å². The normalized spacial score (nSPS) is 33.8. The summed E-state index contributed by atoms with van der Waals surface area (Å²) in [5.41, 5.74) is 1.46. The number of rotatable bonds is 7. The summed E-state index contributed by atoms with van der Waals surface area (Å²) in [5, 5.41) is 0. The summed E-state index contributed by atoms with van der Waals surface area (Å²) in [6.07, 6.45) is 19.0. The van der Waals surface area contributed by atoms with Gasteiger partial charge in [-0.3, -0.25) is 0 Å². The van der Waals surface area contributed by atoms with Gasteiger partial charge in [-0.2, -0.15) is 0 Å². The monoisotopic (exact) mass is 290 g/mol. The van der Waals surface area contributed by atoms with E-state index >= 15 is 0 Å². The van der Waals surface area contributed by atoms with Crippen molar-refractivity contribution in [2.24, 2.45) is 23.7 Å². The van der Waals surface area contributed by atoms with E-state index in [-0.39, 0.29) is 0 Å². The molecule has 0 atom stereocenters. The molecule has 0 nitrogen and oxygen atoms in total. The second-order valence-electron chi connectivity index (χ2n) is 7.99. The average molecular weight is 291 g/mol. The maximum absolute atomic E-state index is 4.17. The topological polar surface area (TPSA) is 0 Å². The Balaban J connectivity index is 1.64. The van der Waals surface area contributed by atoms with Crippen LogP contribution < -0.4 is 0 Å². The summed E-state index contributed by atoms with van der Waals surface area (Å²) in [6.45, 7) is 8.76. The Morgan fingerprint density at radius 2 is 1.24 bits per heavy atom. The molecule has 2 rings (SSSR count). The zero-order valence-corrected chi connectivity index (χ0v) is 14.7. The summed E-state index contributed by atoms with van der Waals surface area (Å²) >= 11 is 0. The Bertz CT molecular complexity index is 287. The lowest BCUT2D eigenvalue weighted by Gasteiger charge is -2.38. The van der Waals surface area contributed by atoms with Crippen molar-refractivity contribution in [1.29, 1.82) is 0 Å². The maximum atomic E-state index is 4.17. The molecule has 122 valence electrons. The molecular weight excluding hydrogens is 252 g/mol. The fourth-order valence-electron chi connectivity index (χ4n) is 4.89. The average Bonchev–Trinajstić information content (AvgIpc) is 2.54. The van der Waals surface area contributed by atoms with Crippen molar-refractivity contribution < 1.29 is 0 Å². The van der Waals surface area contributed by atoms with Gasteiger partial charge in [-0.05, 0) is 68.6 Å². The lowest BCUT2D eigenvalue weighted by molar-refractivity contribution is 0.141. The Kier molecular flexibility index (Phi) is 7.34. The highest BCUT2D eigenvalue weighted by Crippen LogP contribution is 2.43. The van der Waals surface area contributed by atoms with Crippen LogP contribution in [0.2, 0.25) is 0 Å². The molecule has 0 radical (unpaired) electrons. The van der Waals surface area contributed by atoms with E-state index in [2.05, 4.69) is 20.4 Å². The quantitative estimate of drug-likeness (QED) is 0.437. The highest BCUT2D eigenvalue weighted by molar-refractivity contribution is 4.93. The van der Waals surface area contributed by atoms with Gasteiger partial charge in [-0.1, -0.05) is 64.5 Å². The van der Waals surface area contributed by atoms with Crippen molar-refractivity contribution >= 4 is 0 Å². The molecule has 0 heterocycles. The molecule has 0 spiro atoms. The Labute approximate surface area is 133 Å². The molecule has 2 fully saturated rings. The third-order valence-corrected chi connectivity index (χ3v) is 6.55. The van der Waals surface area contributed by atoms with E-state index in [0.29, 0.717) is 0 Å². The molecule has 0 bridgehead atoms. The minimum absolute atomic E-state index is 1.01. The third kappa shape index (κ3) is 5.46. The van der Waals surface area contributed by atoms with Gasteiger partial charge in [-0.15, -0.1) is 0 Å².